The molecule has 5 nitrogen and oxygen atoms in total. The number of benzene rings is 1. The highest BCUT2D eigenvalue weighted by Crippen LogP contribution is 2.29. The largest absolute Gasteiger partial charge is 0.469 e. The molecule has 1 fully saturated rings. The predicted octanol–water partition coefficient (Wildman–Crippen LogP) is 4.93. The van der Waals surface area contributed by atoms with E-state index < -0.39 is 11.7 Å². The summed E-state index contributed by atoms with van der Waals surface area (Å²) < 4.78 is 49.9. The highest BCUT2D eigenvalue weighted by Gasteiger charge is 2.30. The Hall–Kier alpha value is -2.48. The Labute approximate surface area is 181 Å². The monoisotopic (exact) mass is 437 g/mol. The standard InChI is InChI=1S/C23H30F3N3O2/c24-23(25,26)19-7-3-6-18(16-19)17-29-22(28-13-11-21-10-5-15-31-21)27-12-4-9-20-8-1-2-14-30-20/h3,5-7,10,15-16,20H,1-2,4,8-9,11-14,17H2,(H2,27,28,29). The highest BCUT2D eigenvalue weighted by atomic mass is 19.4. The molecule has 1 unspecified atom stereocenters. The molecule has 2 aromatic rings. The van der Waals surface area contributed by atoms with Crippen molar-refractivity contribution < 1.29 is 22.3 Å². The number of ether oxygens (including phenoxy) is 1. The Morgan fingerprint density at radius 2 is 1.97 bits per heavy atom. The third-order valence-electron chi connectivity index (χ3n) is 5.19. The van der Waals surface area contributed by atoms with Crippen LogP contribution < -0.4 is 10.6 Å². The Kier molecular flexibility index (Phi) is 8.82. The molecule has 1 aromatic heterocycles. The molecule has 170 valence electrons. The van der Waals surface area contributed by atoms with Crippen LogP contribution in [0, 0.1) is 0 Å². The van der Waals surface area contributed by atoms with Gasteiger partial charge in [0.15, 0.2) is 5.96 Å². The second-order valence-corrected chi connectivity index (χ2v) is 7.68. The van der Waals surface area contributed by atoms with Crippen molar-refractivity contribution in [3.8, 4) is 0 Å². The van der Waals surface area contributed by atoms with Crippen LogP contribution in [-0.4, -0.2) is 31.8 Å². The maximum Gasteiger partial charge on any atom is 0.416 e. The summed E-state index contributed by atoms with van der Waals surface area (Å²) in [6, 6.07) is 9.02. The molecule has 1 aliphatic heterocycles. The molecule has 2 N–H and O–H groups in total. The summed E-state index contributed by atoms with van der Waals surface area (Å²) in [5.41, 5.74) is -0.148. The minimum absolute atomic E-state index is 0.158. The smallest absolute Gasteiger partial charge is 0.416 e. The molecular formula is C23H30F3N3O2. The van der Waals surface area contributed by atoms with Gasteiger partial charge in [0.05, 0.1) is 24.5 Å². The van der Waals surface area contributed by atoms with Crippen molar-refractivity contribution >= 4 is 5.96 Å². The number of nitrogens with one attached hydrogen (secondary N) is 2. The van der Waals surface area contributed by atoms with E-state index in [0.717, 1.165) is 56.7 Å². The van der Waals surface area contributed by atoms with Crippen molar-refractivity contribution in [1.29, 1.82) is 0 Å². The van der Waals surface area contributed by atoms with Gasteiger partial charge in [0.1, 0.15) is 5.76 Å². The van der Waals surface area contributed by atoms with Crippen molar-refractivity contribution in [3.05, 3.63) is 59.5 Å². The summed E-state index contributed by atoms with van der Waals surface area (Å²) in [6.45, 7) is 2.32. The lowest BCUT2D eigenvalue weighted by Crippen LogP contribution is -2.39. The van der Waals surface area contributed by atoms with Crippen LogP contribution in [0.15, 0.2) is 52.1 Å². The van der Waals surface area contributed by atoms with E-state index in [4.69, 9.17) is 9.15 Å². The van der Waals surface area contributed by atoms with Gasteiger partial charge in [0, 0.05) is 26.1 Å². The molecule has 3 rings (SSSR count). The average molecular weight is 438 g/mol. The fourth-order valence-electron chi connectivity index (χ4n) is 3.52. The number of rotatable bonds is 9. The number of alkyl halides is 3. The number of hydrogen-bond acceptors (Lipinski definition) is 3. The number of nitrogens with zero attached hydrogens (tertiary/aromatic N) is 1. The highest BCUT2D eigenvalue weighted by molar-refractivity contribution is 5.79. The van der Waals surface area contributed by atoms with E-state index in [2.05, 4.69) is 15.6 Å². The van der Waals surface area contributed by atoms with Gasteiger partial charge in [-0.2, -0.15) is 13.2 Å². The molecule has 0 bridgehead atoms. The minimum Gasteiger partial charge on any atom is -0.469 e. The third-order valence-corrected chi connectivity index (χ3v) is 5.19. The van der Waals surface area contributed by atoms with Crippen LogP contribution in [0.4, 0.5) is 13.2 Å². The molecular weight excluding hydrogens is 407 g/mol. The first-order chi connectivity index (χ1) is 15.0. The zero-order valence-electron chi connectivity index (χ0n) is 17.6. The zero-order valence-corrected chi connectivity index (χ0v) is 17.6. The van der Waals surface area contributed by atoms with Gasteiger partial charge in [-0.15, -0.1) is 0 Å². The van der Waals surface area contributed by atoms with Crippen LogP contribution in [-0.2, 0) is 23.9 Å². The Bertz CT molecular complexity index is 801. The molecule has 0 radical (unpaired) electrons. The van der Waals surface area contributed by atoms with Gasteiger partial charge in [0.2, 0.25) is 0 Å². The molecule has 1 aliphatic rings. The lowest BCUT2D eigenvalue weighted by atomic mass is 10.0. The predicted molar refractivity (Wildman–Crippen MR) is 114 cm³/mol. The third kappa shape index (κ3) is 8.28. The van der Waals surface area contributed by atoms with Crippen molar-refractivity contribution in [3.63, 3.8) is 0 Å². The van der Waals surface area contributed by atoms with Crippen LogP contribution in [0.1, 0.15) is 49.0 Å². The minimum atomic E-state index is -4.36. The van der Waals surface area contributed by atoms with Crippen molar-refractivity contribution in [2.24, 2.45) is 4.99 Å². The van der Waals surface area contributed by atoms with E-state index in [1.165, 1.54) is 12.5 Å². The normalized spacial score (nSPS) is 17.5. The first kappa shape index (κ1) is 23.2. The Morgan fingerprint density at radius 1 is 1.10 bits per heavy atom. The van der Waals surface area contributed by atoms with Crippen LogP contribution in [0.3, 0.4) is 0 Å². The number of aliphatic imine (C=N–C) groups is 1. The zero-order chi connectivity index (χ0) is 21.9. The Balaban J connectivity index is 1.53. The first-order valence-electron chi connectivity index (χ1n) is 10.8. The topological polar surface area (TPSA) is 58.8 Å². The number of furan rings is 1. The summed E-state index contributed by atoms with van der Waals surface area (Å²) in [4.78, 5) is 4.49. The first-order valence-corrected chi connectivity index (χ1v) is 10.8. The average Bonchev–Trinajstić information content (AvgIpc) is 3.28. The number of halogens is 3. The summed E-state index contributed by atoms with van der Waals surface area (Å²) in [5, 5.41) is 6.52. The van der Waals surface area contributed by atoms with E-state index in [0.29, 0.717) is 30.6 Å². The maximum atomic E-state index is 12.9. The van der Waals surface area contributed by atoms with E-state index in [1.807, 2.05) is 12.1 Å². The van der Waals surface area contributed by atoms with Crippen LogP contribution >= 0.6 is 0 Å². The van der Waals surface area contributed by atoms with Crippen LogP contribution in [0.2, 0.25) is 0 Å². The van der Waals surface area contributed by atoms with E-state index in [9.17, 15) is 13.2 Å². The number of hydrogen-bond donors (Lipinski definition) is 2. The Morgan fingerprint density at radius 3 is 2.71 bits per heavy atom. The van der Waals surface area contributed by atoms with Crippen molar-refractivity contribution in [2.45, 2.75) is 57.3 Å². The molecule has 2 heterocycles. The van der Waals surface area contributed by atoms with Gasteiger partial charge in [-0.1, -0.05) is 12.1 Å². The molecule has 0 aliphatic carbocycles. The van der Waals surface area contributed by atoms with Gasteiger partial charge in [-0.05, 0) is 61.9 Å². The van der Waals surface area contributed by atoms with Crippen LogP contribution in [0.25, 0.3) is 0 Å². The maximum absolute atomic E-state index is 12.9. The fourth-order valence-corrected chi connectivity index (χ4v) is 3.52. The van der Waals surface area contributed by atoms with Crippen LogP contribution in [0.5, 0.6) is 0 Å². The quantitative estimate of drug-likeness (QED) is 0.332. The second-order valence-electron chi connectivity index (χ2n) is 7.68. The molecule has 8 heteroatoms. The SMILES string of the molecule is FC(F)(F)c1cccc(CN=C(NCCCC2CCCCO2)NCCc2ccco2)c1. The van der Waals surface area contributed by atoms with Crippen molar-refractivity contribution in [2.75, 3.05) is 19.7 Å². The molecule has 1 saturated heterocycles. The molecule has 1 atom stereocenters. The fraction of sp³-hybridized carbons (Fsp3) is 0.522. The van der Waals surface area contributed by atoms with Gasteiger partial charge in [0.25, 0.3) is 0 Å². The summed E-state index contributed by atoms with van der Waals surface area (Å²) in [6.07, 6.45) is 3.68. The van der Waals surface area contributed by atoms with E-state index in [1.54, 1.807) is 12.3 Å². The molecule has 31 heavy (non-hydrogen) atoms. The summed E-state index contributed by atoms with van der Waals surface area (Å²) in [5.74, 6) is 1.44. The molecule has 0 spiro atoms. The molecule has 0 saturated carbocycles. The molecule has 1 aromatic carbocycles. The second kappa shape index (κ2) is 11.8. The lowest BCUT2D eigenvalue weighted by molar-refractivity contribution is -0.137. The van der Waals surface area contributed by atoms with Gasteiger partial charge in [-0.25, -0.2) is 4.99 Å². The summed E-state index contributed by atoms with van der Waals surface area (Å²) in [7, 11) is 0. The van der Waals surface area contributed by atoms with Gasteiger partial charge >= 0.3 is 6.18 Å². The lowest BCUT2D eigenvalue weighted by Gasteiger charge is -2.22. The van der Waals surface area contributed by atoms with Gasteiger partial charge in [-0.3, -0.25) is 0 Å². The summed E-state index contributed by atoms with van der Waals surface area (Å²) >= 11 is 0. The molecule has 0 amide bonds. The van der Waals surface area contributed by atoms with Crippen molar-refractivity contribution in [1.82, 2.24) is 10.6 Å². The van der Waals surface area contributed by atoms with E-state index >= 15 is 0 Å². The van der Waals surface area contributed by atoms with Gasteiger partial charge < -0.3 is 19.8 Å². The number of guanidine groups is 1. The van der Waals surface area contributed by atoms with E-state index in [-0.39, 0.29) is 6.54 Å².